The van der Waals surface area contributed by atoms with E-state index in [1.54, 1.807) is 0 Å². The third-order valence-corrected chi connectivity index (χ3v) is 6.11. The number of hydrogen-bond acceptors (Lipinski definition) is 3. The summed E-state index contributed by atoms with van der Waals surface area (Å²) in [5.74, 6) is 3.75. The summed E-state index contributed by atoms with van der Waals surface area (Å²) in [6.07, 6.45) is 3.38. The quantitative estimate of drug-likeness (QED) is 0.716. The van der Waals surface area contributed by atoms with Gasteiger partial charge in [-0.05, 0) is 45.8 Å². The fourth-order valence-corrected chi connectivity index (χ4v) is 4.91. The molecule has 2 saturated heterocycles. The summed E-state index contributed by atoms with van der Waals surface area (Å²) in [5.41, 5.74) is 1.16. The van der Waals surface area contributed by atoms with Gasteiger partial charge in [0, 0.05) is 24.5 Å². The first-order valence-electron chi connectivity index (χ1n) is 6.93. The molecular formula is C15H18BrClO2S. The smallest absolute Gasteiger partial charge is 0.133 e. The number of ether oxygens (including phenoxy) is 2. The van der Waals surface area contributed by atoms with Crippen molar-refractivity contribution in [1.82, 2.24) is 0 Å². The lowest BCUT2D eigenvalue weighted by Gasteiger charge is -2.37. The highest BCUT2D eigenvalue weighted by Crippen LogP contribution is 2.40. The molecule has 1 aromatic carbocycles. The first kappa shape index (κ1) is 15.0. The molecule has 110 valence electrons. The van der Waals surface area contributed by atoms with Crippen LogP contribution in [0.3, 0.4) is 0 Å². The van der Waals surface area contributed by atoms with Crippen LogP contribution >= 0.6 is 39.3 Å². The lowest BCUT2D eigenvalue weighted by molar-refractivity contribution is -0.0960. The van der Waals surface area contributed by atoms with Crippen LogP contribution in [0.2, 0.25) is 0 Å². The van der Waals surface area contributed by atoms with Crippen LogP contribution in [0.4, 0.5) is 0 Å². The molecule has 2 atom stereocenters. The minimum absolute atomic E-state index is 0.0656. The van der Waals surface area contributed by atoms with Gasteiger partial charge in [-0.1, -0.05) is 6.07 Å². The van der Waals surface area contributed by atoms with E-state index in [0.29, 0.717) is 5.88 Å². The number of rotatable bonds is 3. The Balaban J connectivity index is 1.68. The van der Waals surface area contributed by atoms with Gasteiger partial charge in [-0.3, -0.25) is 0 Å². The fourth-order valence-electron chi connectivity index (χ4n) is 2.85. The molecule has 2 aliphatic heterocycles. The molecule has 0 bridgehead atoms. The molecule has 2 heterocycles. The van der Waals surface area contributed by atoms with Gasteiger partial charge in [0.15, 0.2) is 0 Å². The standard InChI is InChI=1S/C15H18BrClO2S/c16-13-7-11(9-17)1-2-14(13)19-12-3-5-18-15(8-12)4-6-20-10-15/h1-2,7,12H,3-6,8-10H2. The topological polar surface area (TPSA) is 18.5 Å². The van der Waals surface area contributed by atoms with Crippen LogP contribution in [-0.4, -0.2) is 29.8 Å². The van der Waals surface area contributed by atoms with Gasteiger partial charge in [0.2, 0.25) is 0 Å². The Hall–Kier alpha value is 0.1000. The van der Waals surface area contributed by atoms with Gasteiger partial charge in [-0.2, -0.15) is 11.8 Å². The number of thioether (sulfide) groups is 1. The Bertz CT molecular complexity index is 477. The predicted molar refractivity (Wildman–Crippen MR) is 88.0 cm³/mol. The maximum atomic E-state index is 6.19. The Kier molecular flexibility index (Phi) is 4.86. The Labute approximate surface area is 137 Å². The van der Waals surface area contributed by atoms with Crippen LogP contribution in [0.1, 0.15) is 24.8 Å². The molecule has 2 unspecified atom stereocenters. The summed E-state index contributed by atoms with van der Waals surface area (Å²) in [6, 6.07) is 6.06. The fraction of sp³-hybridized carbons (Fsp3) is 0.600. The van der Waals surface area contributed by atoms with E-state index in [4.69, 9.17) is 21.1 Å². The van der Waals surface area contributed by atoms with Crippen LogP contribution in [-0.2, 0) is 10.6 Å². The normalized spacial score (nSPS) is 29.8. The summed E-state index contributed by atoms with van der Waals surface area (Å²) in [4.78, 5) is 0. The van der Waals surface area contributed by atoms with E-state index in [0.717, 1.165) is 47.4 Å². The molecule has 5 heteroatoms. The van der Waals surface area contributed by atoms with Gasteiger partial charge in [-0.25, -0.2) is 0 Å². The van der Waals surface area contributed by atoms with Gasteiger partial charge >= 0.3 is 0 Å². The second-order valence-corrected chi connectivity index (χ2v) is 7.69. The molecule has 3 rings (SSSR count). The zero-order chi connectivity index (χ0) is 14.0. The van der Waals surface area contributed by atoms with Crippen molar-refractivity contribution in [2.75, 3.05) is 18.1 Å². The third kappa shape index (κ3) is 3.29. The van der Waals surface area contributed by atoms with Crippen molar-refractivity contribution >= 4 is 39.3 Å². The lowest BCUT2D eigenvalue weighted by Crippen LogP contribution is -2.43. The first-order valence-corrected chi connectivity index (χ1v) is 9.42. The molecule has 20 heavy (non-hydrogen) atoms. The van der Waals surface area contributed by atoms with Crippen molar-refractivity contribution in [3.8, 4) is 5.75 Å². The summed E-state index contributed by atoms with van der Waals surface area (Å²) in [6.45, 7) is 0.808. The van der Waals surface area contributed by atoms with Gasteiger partial charge < -0.3 is 9.47 Å². The van der Waals surface area contributed by atoms with Crippen molar-refractivity contribution in [2.45, 2.75) is 36.8 Å². The zero-order valence-electron chi connectivity index (χ0n) is 11.2. The highest BCUT2D eigenvalue weighted by atomic mass is 79.9. The molecule has 2 nitrogen and oxygen atoms in total. The van der Waals surface area contributed by atoms with Crippen LogP contribution < -0.4 is 4.74 Å². The number of hydrogen-bond donors (Lipinski definition) is 0. The molecule has 0 radical (unpaired) electrons. The van der Waals surface area contributed by atoms with Crippen LogP contribution in [0, 0.1) is 0 Å². The Morgan fingerprint density at radius 1 is 1.50 bits per heavy atom. The zero-order valence-corrected chi connectivity index (χ0v) is 14.4. The maximum absolute atomic E-state index is 6.19. The van der Waals surface area contributed by atoms with E-state index in [-0.39, 0.29) is 11.7 Å². The number of benzene rings is 1. The summed E-state index contributed by atoms with van der Waals surface area (Å²) in [5, 5.41) is 0. The van der Waals surface area contributed by atoms with E-state index in [1.807, 2.05) is 30.0 Å². The number of halogens is 2. The summed E-state index contributed by atoms with van der Waals surface area (Å²) in [7, 11) is 0. The molecule has 0 amide bonds. The highest BCUT2D eigenvalue weighted by Gasteiger charge is 2.41. The van der Waals surface area contributed by atoms with Gasteiger partial charge in [-0.15, -0.1) is 11.6 Å². The van der Waals surface area contributed by atoms with Crippen molar-refractivity contribution in [2.24, 2.45) is 0 Å². The maximum Gasteiger partial charge on any atom is 0.133 e. The predicted octanol–water partition coefficient (Wildman–Crippen LogP) is 4.62. The molecule has 0 saturated carbocycles. The molecule has 2 fully saturated rings. The van der Waals surface area contributed by atoms with Crippen LogP contribution in [0.15, 0.2) is 22.7 Å². The molecular weight excluding hydrogens is 360 g/mol. The molecule has 1 aromatic rings. The third-order valence-electron chi connectivity index (χ3n) is 3.96. The molecule has 0 aromatic heterocycles. The Morgan fingerprint density at radius 2 is 2.40 bits per heavy atom. The molecule has 0 aliphatic carbocycles. The SMILES string of the molecule is ClCc1ccc(OC2CCOC3(CCSC3)C2)c(Br)c1. The number of alkyl halides is 1. The minimum Gasteiger partial charge on any atom is -0.489 e. The van der Waals surface area contributed by atoms with E-state index >= 15 is 0 Å². The van der Waals surface area contributed by atoms with E-state index in [9.17, 15) is 0 Å². The second kappa shape index (κ2) is 6.47. The molecule has 0 N–H and O–H groups in total. The molecule has 2 aliphatic rings. The van der Waals surface area contributed by atoms with Gasteiger partial charge in [0.25, 0.3) is 0 Å². The van der Waals surface area contributed by atoms with Crippen LogP contribution in [0.25, 0.3) is 0 Å². The van der Waals surface area contributed by atoms with E-state index in [1.165, 1.54) is 5.75 Å². The monoisotopic (exact) mass is 376 g/mol. The average Bonchev–Trinajstić information content (AvgIpc) is 2.89. The molecule has 1 spiro atoms. The first-order chi connectivity index (χ1) is 9.71. The lowest BCUT2D eigenvalue weighted by atomic mass is 9.91. The average molecular weight is 378 g/mol. The van der Waals surface area contributed by atoms with Gasteiger partial charge in [0.05, 0.1) is 16.7 Å². The minimum atomic E-state index is 0.0656. The Morgan fingerprint density at radius 3 is 3.10 bits per heavy atom. The van der Waals surface area contributed by atoms with Crippen molar-refractivity contribution in [3.63, 3.8) is 0 Å². The second-order valence-electron chi connectivity index (χ2n) is 5.47. The van der Waals surface area contributed by atoms with E-state index < -0.39 is 0 Å². The largest absolute Gasteiger partial charge is 0.489 e. The highest BCUT2D eigenvalue weighted by molar-refractivity contribution is 9.10. The van der Waals surface area contributed by atoms with Crippen molar-refractivity contribution in [3.05, 3.63) is 28.2 Å². The van der Waals surface area contributed by atoms with Crippen molar-refractivity contribution < 1.29 is 9.47 Å². The van der Waals surface area contributed by atoms with Crippen molar-refractivity contribution in [1.29, 1.82) is 0 Å². The summed E-state index contributed by atoms with van der Waals surface area (Å²) >= 11 is 11.4. The van der Waals surface area contributed by atoms with E-state index in [2.05, 4.69) is 15.9 Å². The summed E-state index contributed by atoms with van der Waals surface area (Å²) < 4.78 is 13.2. The van der Waals surface area contributed by atoms with Gasteiger partial charge in [0.1, 0.15) is 11.9 Å². The van der Waals surface area contributed by atoms with Crippen LogP contribution in [0.5, 0.6) is 5.75 Å².